The minimum Gasteiger partial charge on any atom is -0.347 e. The molecule has 0 saturated heterocycles. The first-order chi connectivity index (χ1) is 17.9. The van der Waals surface area contributed by atoms with E-state index in [1.54, 1.807) is 12.1 Å². The normalized spacial score (nSPS) is 14.4. The Hall–Kier alpha value is -4.54. The summed E-state index contributed by atoms with van der Waals surface area (Å²) in [6.07, 6.45) is 2.73. The summed E-state index contributed by atoms with van der Waals surface area (Å²) in [5.74, 6) is -0.572. The Bertz CT molecular complexity index is 1450. The van der Waals surface area contributed by atoms with E-state index in [9.17, 15) is 14.0 Å². The molecule has 37 heavy (non-hydrogen) atoms. The third kappa shape index (κ3) is 5.20. The number of fused-ring (bicyclic) bond motifs is 1. The Labute approximate surface area is 212 Å². The number of halogens is 1. The molecule has 0 bridgehead atoms. The van der Waals surface area contributed by atoms with Crippen molar-refractivity contribution in [2.24, 2.45) is 0 Å². The number of carbonyl (C=O) groups is 2. The molecular weight excluding hydrogens is 475 g/mol. The number of hydrogen-bond donors (Lipinski definition) is 3. The van der Waals surface area contributed by atoms with Crippen LogP contribution in [0.25, 0.3) is 11.4 Å². The molecular formula is C26H25FN8O2. The van der Waals surface area contributed by atoms with Gasteiger partial charge in [-0.05, 0) is 58.4 Å². The van der Waals surface area contributed by atoms with Crippen LogP contribution in [0, 0.1) is 5.82 Å². The number of nitrogens with one attached hydrogen (secondary N) is 3. The van der Waals surface area contributed by atoms with Crippen LogP contribution in [0.3, 0.4) is 0 Å². The molecule has 2 aromatic heterocycles. The average molecular weight is 501 g/mol. The summed E-state index contributed by atoms with van der Waals surface area (Å²) < 4.78 is 14.0. The van der Waals surface area contributed by atoms with Crippen molar-refractivity contribution in [3.05, 3.63) is 88.3 Å². The highest BCUT2D eigenvalue weighted by molar-refractivity contribution is 5.97. The average Bonchev–Trinajstić information content (AvgIpc) is 3.58. The summed E-state index contributed by atoms with van der Waals surface area (Å²) in [6.45, 7) is 4.02. The number of hydrogen-bond acceptors (Lipinski definition) is 7. The maximum atomic E-state index is 14.0. The van der Waals surface area contributed by atoms with Crippen molar-refractivity contribution >= 4 is 11.8 Å². The summed E-state index contributed by atoms with van der Waals surface area (Å²) in [6, 6.07) is 11.8. The Morgan fingerprint density at radius 2 is 1.89 bits per heavy atom. The van der Waals surface area contributed by atoms with E-state index in [-0.39, 0.29) is 35.7 Å². The molecule has 0 unspecified atom stereocenters. The first-order valence-corrected chi connectivity index (χ1v) is 11.9. The van der Waals surface area contributed by atoms with Gasteiger partial charge in [0.05, 0.1) is 6.04 Å². The van der Waals surface area contributed by atoms with Crippen LogP contribution >= 0.6 is 0 Å². The van der Waals surface area contributed by atoms with Crippen molar-refractivity contribution in [2.45, 2.75) is 45.2 Å². The fourth-order valence-corrected chi connectivity index (χ4v) is 4.45. The van der Waals surface area contributed by atoms with Gasteiger partial charge >= 0.3 is 0 Å². The van der Waals surface area contributed by atoms with Gasteiger partial charge in [-0.2, -0.15) is 5.21 Å². The highest BCUT2D eigenvalue weighted by atomic mass is 19.1. The van der Waals surface area contributed by atoms with Crippen molar-refractivity contribution in [3.8, 4) is 11.4 Å². The molecule has 0 saturated carbocycles. The minimum absolute atomic E-state index is 0.0259. The quantitative estimate of drug-likeness (QED) is 0.354. The minimum atomic E-state index is -0.452. The lowest BCUT2D eigenvalue weighted by molar-refractivity contribution is 0.0931. The molecule has 1 atom stereocenters. The predicted molar refractivity (Wildman–Crippen MR) is 132 cm³/mol. The third-order valence-electron chi connectivity index (χ3n) is 6.40. The zero-order valence-corrected chi connectivity index (χ0v) is 20.3. The fraction of sp³-hybridized carbons (Fsp3) is 0.269. The lowest BCUT2D eigenvalue weighted by atomic mass is 10.00. The molecule has 2 heterocycles. The zero-order chi connectivity index (χ0) is 25.9. The molecule has 188 valence electrons. The van der Waals surface area contributed by atoms with E-state index < -0.39 is 11.8 Å². The van der Waals surface area contributed by atoms with E-state index in [0.29, 0.717) is 11.4 Å². The summed E-state index contributed by atoms with van der Waals surface area (Å²) >= 11 is 0. The van der Waals surface area contributed by atoms with Crippen LogP contribution in [0.4, 0.5) is 4.39 Å². The Morgan fingerprint density at radius 3 is 2.65 bits per heavy atom. The number of H-pyrrole nitrogens is 1. The van der Waals surface area contributed by atoms with Crippen LogP contribution in [0.2, 0.25) is 0 Å². The fourth-order valence-electron chi connectivity index (χ4n) is 4.45. The standard InChI is InChI=1S/C26H25FN8O2/c1-14(2)19-9-15(3-7-20(19)27)12-28-25(36)22-11-23(30-13-29-22)26(37)31-21-8-5-16-10-17(4-6-18(16)21)24-32-34-35-33-24/h3-4,6-7,9-11,13-14,21H,5,8,12H2,1-2H3,(H,28,36)(H,31,37)(H,32,33,34,35)/t21-/m1/s1. The summed E-state index contributed by atoms with van der Waals surface area (Å²) in [5.41, 5.74) is 4.51. The lowest BCUT2D eigenvalue weighted by Crippen LogP contribution is -2.29. The molecule has 2 amide bonds. The van der Waals surface area contributed by atoms with Crippen LogP contribution in [-0.2, 0) is 13.0 Å². The van der Waals surface area contributed by atoms with Gasteiger partial charge in [0.15, 0.2) is 0 Å². The van der Waals surface area contributed by atoms with Crippen LogP contribution in [0.15, 0.2) is 48.8 Å². The van der Waals surface area contributed by atoms with Gasteiger partial charge in [-0.1, -0.05) is 38.1 Å². The molecule has 11 heteroatoms. The molecule has 0 spiro atoms. The number of aromatic amines is 1. The second-order valence-corrected chi connectivity index (χ2v) is 9.20. The molecule has 1 aliphatic rings. The van der Waals surface area contributed by atoms with Crippen molar-refractivity contribution in [1.82, 2.24) is 41.2 Å². The largest absolute Gasteiger partial charge is 0.347 e. The smallest absolute Gasteiger partial charge is 0.270 e. The monoisotopic (exact) mass is 500 g/mol. The van der Waals surface area contributed by atoms with Crippen molar-refractivity contribution in [3.63, 3.8) is 0 Å². The number of benzene rings is 2. The van der Waals surface area contributed by atoms with Crippen LogP contribution in [-0.4, -0.2) is 42.4 Å². The molecule has 0 radical (unpaired) electrons. The zero-order valence-electron chi connectivity index (χ0n) is 20.3. The topological polar surface area (TPSA) is 138 Å². The van der Waals surface area contributed by atoms with E-state index in [1.807, 2.05) is 32.0 Å². The number of amides is 2. The van der Waals surface area contributed by atoms with Gasteiger partial charge in [0.1, 0.15) is 23.5 Å². The van der Waals surface area contributed by atoms with Crippen molar-refractivity contribution < 1.29 is 14.0 Å². The summed E-state index contributed by atoms with van der Waals surface area (Å²) in [4.78, 5) is 33.7. The Morgan fingerprint density at radius 1 is 1.08 bits per heavy atom. The maximum absolute atomic E-state index is 14.0. The van der Waals surface area contributed by atoms with Gasteiger partial charge < -0.3 is 10.6 Å². The van der Waals surface area contributed by atoms with Gasteiger partial charge in [-0.15, -0.1) is 10.2 Å². The maximum Gasteiger partial charge on any atom is 0.270 e. The number of rotatable bonds is 7. The second-order valence-electron chi connectivity index (χ2n) is 9.20. The first-order valence-electron chi connectivity index (χ1n) is 11.9. The van der Waals surface area contributed by atoms with Crippen LogP contribution in [0.1, 0.15) is 75.5 Å². The van der Waals surface area contributed by atoms with E-state index in [1.165, 1.54) is 18.5 Å². The Balaban J connectivity index is 1.23. The highest BCUT2D eigenvalue weighted by Crippen LogP contribution is 2.33. The van der Waals surface area contributed by atoms with E-state index in [2.05, 4.69) is 41.2 Å². The van der Waals surface area contributed by atoms with E-state index in [0.717, 1.165) is 35.1 Å². The predicted octanol–water partition coefficient (Wildman–Crippen LogP) is 3.27. The number of carbonyl (C=O) groups excluding carboxylic acids is 2. The molecule has 2 aromatic carbocycles. The number of nitrogens with zero attached hydrogens (tertiary/aromatic N) is 5. The first kappa shape index (κ1) is 24.2. The third-order valence-corrected chi connectivity index (χ3v) is 6.40. The van der Waals surface area contributed by atoms with Crippen molar-refractivity contribution in [2.75, 3.05) is 0 Å². The molecule has 3 N–H and O–H groups in total. The van der Waals surface area contributed by atoms with Crippen LogP contribution < -0.4 is 10.6 Å². The van der Waals surface area contributed by atoms with Gasteiger partial charge in [-0.25, -0.2) is 14.4 Å². The SMILES string of the molecule is CC(C)c1cc(CNC(=O)c2cc(C(=O)N[C@@H]3CCc4cc(-c5nn[nH]n5)ccc43)ncn2)ccc1F. The number of aromatic nitrogens is 6. The van der Waals surface area contributed by atoms with E-state index in [4.69, 9.17) is 0 Å². The highest BCUT2D eigenvalue weighted by Gasteiger charge is 2.26. The molecule has 0 fully saturated rings. The number of aryl methyl sites for hydroxylation is 1. The molecule has 10 nitrogen and oxygen atoms in total. The molecule has 0 aliphatic heterocycles. The van der Waals surface area contributed by atoms with Crippen molar-refractivity contribution in [1.29, 1.82) is 0 Å². The summed E-state index contributed by atoms with van der Waals surface area (Å²) in [7, 11) is 0. The molecule has 4 aromatic rings. The van der Waals surface area contributed by atoms with E-state index >= 15 is 0 Å². The van der Waals surface area contributed by atoms with Gasteiger partial charge in [0.2, 0.25) is 5.82 Å². The van der Waals surface area contributed by atoms with Gasteiger partial charge in [0.25, 0.3) is 11.8 Å². The second kappa shape index (κ2) is 10.2. The summed E-state index contributed by atoms with van der Waals surface area (Å²) in [5, 5.41) is 19.8. The lowest BCUT2D eigenvalue weighted by Gasteiger charge is -2.14. The van der Waals surface area contributed by atoms with Crippen LogP contribution in [0.5, 0.6) is 0 Å². The van der Waals surface area contributed by atoms with Gasteiger partial charge in [0, 0.05) is 18.2 Å². The molecule has 5 rings (SSSR count). The number of tetrazole rings is 1. The van der Waals surface area contributed by atoms with Gasteiger partial charge in [-0.3, -0.25) is 9.59 Å². The molecule has 1 aliphatic carbocycles. The Kier molecular flexibility index (Phi) is 6.67.